The van der Waals surface area contributed by atoms with Gasteiger partial charge in [0.25, 0.3) is 0 Å². The summed E-state index contributed by atoms with van der Waals surface area (Å²) in [5.74, 6) is 0.188. The average molecular weight is 296 g/mol. The van der Waals surface area contributed by atoms with Gasteiger partial charge in [0.05, 0.1) is 10.9 Å². The Hall–Kier alpha value is -2.69. The van der Waals surface area contributed by atoms with E-state index >= 15 is 0 Å². The Morgan fingerprint density at radius 1 is 1.27 bits per heavy atom. The van der Waals surface area contributed by atoms with Gasteiger partial charge in [-0.25, -0.2) is 9.78 Å². The van der Waals surface area contributed by atoms with Crippen LogP contribution in [0.15, 0.2) is 39.5 Å². The normalized spacial score (nSPS) is 11.3. The molecule has 0 radical (unpaired) electrons. The zero-order chi connectivity index (χ0) is 15.9. The van der Waals surface area contributed by atoms with Crippen LogP contribution in [-0.2, 0) is 4.79 Å². The molecule has 0 atom stereocenters. The number of amides is 1. The van der Waals surface area contributed by atoms with Gasteiger partial charge in [-0.2, -0.15) is 0 Å². The van der Waals surface area contributed by atoms with Crippen LogP contribution in [0.5, 0.6) is 0 Å². The molecule has 0 unspecified atom stereocenters. The van der Waals surface area contributed by atoms with E-state index in [1.54, 1.807) is 25.1 Å². The van der Waals surface area contributed by atoms with E-state index in [9.17, 15) is 9.59 Å². The fraction of sp³-hybridized carbons (Fsp3) is 0.235. The Kier molecular flexibility index (Phi) is 3.41. The maximum absolute atomic E-state index is 12.2. The molecule has 5 nitrogen and oxygen atoms in total. The van der Waals surface area contributed by atoms with E-state index in [-0.39, 0.29) is 11.8 Å². The highest BCUT2D eigenvalue weighted by molar-refractivity contribution is 6.04. The first kappa shape index (κ1) is 14.3. The number of nitrogens with zero attached hydrogens (tertiary/aromatic N) is 1. The quantitative estimate of drug-likeness (QED) is 0.582. The second-order valence-electron chi connectivity index (χ2n) is 5.58. The number of aryl methyl sites for hydroxylation is 1. The van der Waals surface area contributed by atoms with Gasteiger partial charge in [-0.15, -0.1) is 0 Å². The van der Waals surface area contributed by atoms with Crippen LogP contribution in [0.1, 0.15) is 19.4 Å². The predicted octanol–water partition coefficient (Wildman–Crippen LogP) is 3.24. The summed E-state index contributed by atoms with van der Waals surface area (Å²) in [5.41, 5.74) is 1.34. The van der Waals surface area contributed by atoms with Gasteiger partial charge in [0.1, 0.15) is 11.4 Å². The number of hydrogen-bond donors (Lipinski definition) is 1. The van der Waals surface area contributed by atoms with Gasteiger partial charge >= 0.3 is 5.63 Å². The van der Waals surface area contributed by atoms with Gasteiger partial charge in [0.15, 0.2) is 0 Å². The molecule has 22 heavy (non-hydrogen) atoms. The third kappa shape index (κ3) is 2.35. The summed E-state index contributed by atoms with van der Waals surface area (Å²) in [4.78, 5) is 28.5. The van der Waals surface area contributed by atoms with E-state index in [1.807, 2.05) is 26.0 Å². The smallest absolute Gasteiger partial charge is 0.346 e. The third-order valence-corrected chi connectivity index (χ3v) is 3.54. The van der Waals surface area contributed by atoms with E-state index < -0.39 is 5.63 Å². The van der Waals surface area contributed by atoms with Crippen LogP contribution in [0.2, 0.25) is 0 Å². The van der Waals surface area contributed by atoms with Gasteiger partial charge < -0.3 is 9.73 Å². The van der Waals surface area contributed by atoms with Crippen LogP contribution < -0.4 is 10.9 Å². The molecule has 112 valence electrons. The van der Waals surface area contributed by atoms with E-state index in [1.165, 1.54) is 0 Å². The van der Waals surface area contributed by atoms with Crippen molar-refractivity contribution in [1.29, 1.82) is 0 Å². The maximum atomic E-state index is 12.2. The van der Waals surface area contributed by atoms with Crippen molar-refractivity contribution in [1.82, 2.24) is 4.98 Å². The highest BCUT2D eigenvalue weighted by atomic mass is 16.4. The summed E-state index contributed by atoms with van der Waals surface area (Å²) in [5, 5.41) is 3.97. The lowest BCUT2D eigenvalue weighted by Gasteiger charge is -2.10. The summed E-state index contributed by atoms with van der Waals surface area (Å²) in [7, 11) is 0. The second-order valence-corrected chi connectivity index (χ2v) is 5.58. The van der Waals surface area contributed by atoms with Crippen molar-refractivity contribution < 1.29 is 9.21 Å². The molecule has 5 heteroatoms. The molecule has 0 aliphatic carbocycles. The fourth-order valence-corrected chi connectivity index (χ4v) is 2.36. The summed E-state index contributed by atoms with van der Waals surface area (Å²) >= 11 is 0. The van der Waals surface area contributed by atoms with Crippen LogP contribution in [0, 0.1) is 12.8 Å². The Morgan fingerprint density at radius 2 is 2.00 bits per heavy atom. The predicted molar refractivity (Wildman–Crippen MR) is 86.0 cm³/mol. The molecule has 0 saturated carbocycles. The standard InChI is InChI=1S/C17H16N2O3/c1-9(2)16(20)19-13-8-10(3)14-15(18-13)11-6-4-5-7-12(11)22-17(14)21/h4-9H,1-3H3,(H,18,19,20). The van der Waals surface area contributed by atoms with Gasteiger partial charge in [-0.05, 0) is 30.7 Å². The van der Waals surface area contributed by atoms with Gasteiger partial charge in [0.2, 0.25) is 5.91 Å². The summed E-state index contributed by atoms with van der Waals surface area (Å²) in [6.45, 7) is 5.43. The minimum Gasteiger partial charge on any atom is -0.422 e. The van der Waals surface area contributed by atoms with E-state index in [2.05, 4.69) is 10.3 Å². The maximum Gasteiger partial charge on any atom is 0.346 e. The molecule has 0 aliphatic rings. The number of fused-ring (bicyclic) bond motifs is 3. The topological polar surface area (TPSA) is 72.2 Å². The SMILES string of the molecule is Cc1cc(NC(=O)C(C)C)nc2c1c(=O)oc1ccccc12. The monoisotopic (exact) mass is 296 g/mol. The Balaban J connectivity index is 2.30. The lowest BCUT2D eigenvalue weighted by atomic mass is 10.1. The van der Waals surface area contributed by atoms with Gasteiger partial charge in [0, 0.05) is 11.3 Å². The molecular weight excluding hydrogens is 280 g/mol. The lowest BCUT2D eigenvalue weighted by Crippen LogP contribution is -2.19. The Labute approximate surface area is 127 Å². The first-order valence-corrected chi connectivity index (χ1v) is 7.11. The molecule has 3 aromatic rings. The molecule has 0 bridgehead atoms. The molecule has 2 aromatic heterocycles. The van der Waals surface area contributed by atoms with E-state index in [0.717, 1.165) is 10.9 Å². The first-order chi connectivity index (χ1) is 10.5. The number of carbonyl (C=O) groups is 1. The van der Waals surface area contributed by atoms with E-state index in [0.29, 0.717) is 22.3 Å². The number of anilines is 1. The minimum atomic E-state index is -0.416. The second kappa shape index (κ2) is 5.26. The van der Waals surface area contributed by atoms with Crippen molar-refractivity contribution in [2.75, 3.05) is 5.32 Å². The number of pyridine rings is 1. The molecule has 0 spiro atoms. The summed E-state index contributed by atoms with van der Waals surface area (Å²) in [6, 6.07) is 8.93. The van der Waals surface area contributed by atoms with Crippen LogP contribution in [-0.4, -0.2) is 10.9 Å². The molecule has 2 heterocycles. The molecular formula is C17H16N2O3. The van der Waals surface area contributed by atoms with Crippen molar-refractivity contribution in [2.24, 2.45) is 5.92 Å². The number of para-hydroxylation sites is 1. The highest BCUT2D eigenvalue weighted by Crippen LogP contribution is 2.25. The Bertz CT molecular complexity index is 942. The number of benzene rings is 1. The fourth-order valence-electron chi connectivity index (χ4n) is 2.36. The molecule has 1 N–H and O–H groups in total. The third-order valence-electron chi connectivity index (χ3n) is 3.54. The number of hydrogen-bond acceptors (Lipinski definition) is 4. The molecule has 3 rings (SSSR count). The van der Waals surface area contributed by atoms with Crippen molar-refractivity contribution >= 4 is 33.6 Å². The molecule has 0 fully saturated rings. The lowest BCUT2D eigenvalue weighted by molar-refractivity contribution is -0.118. The van der Waals surface area contributed by atoms with Gasteiger partial charge in [-0.3, -0.25) is 4.79 Å². The number of nitrogens with one attached hydrogen (secondary N) is 1. The largest absolute Gasteiger partial charge is 0.422 e. The van der Waals surface area contributed by atoms with Crippen LogP contribution in [0.25, 0.3) is 21.9 Å². The zero-order valence-electron chi connectivity index (χ0n) is 12.6. The van der Waals surface area contributed by atoms with Crippen LogP contribution in [0.4, 0.5) is 5.82 Å². The Morgan fingerprint density at radius 3 is 2.73 bits per heavy atom. The number of aromatic nitrogens is 1. The van der Waals surface area contributed by atoms with Crippen LogP contribution >= 0.6 is 0 Å². The summed E-state index contributed by atoms with van der Waals surface area (Å²) in [6.07, 6.45) is 0. The molecule has 1 aromatic carbocycles. The number of rotatable bonds is 2. The van der Waals surface area contributed by atoms with E-state index in [4.69, 9.17) is 4.42 Å². The highest BCUT2D eigenvalue weighted by Gasteiger charge is 2.14. The molecule has 1 amide bonds. The molecule has 0 aliphatic heterocycles. The van der Waals surface area contributed by atoms with Crippen molar-refractivity contribution in [3.8, 4) is 0 Å². The van der Waals surface area contributed by atoms with Gasteiger partial charge in [-0.1, -0.05) is 26.0 Å². The first-order valence-electron chi connectivity index (χ1n) is 7.11. The van der Waals surface area contributed by atoms with Crippen LogP contribution in [0.3, 0.4) is 0 Å². The molecule has 0 saturated heterocycles. The minimum absolute atomic E-state index is 0.112. The average Bonchev–Trinajstić information content (AvgIpc) is 2.46. The van der Waals surface area contributed by atoms with Crippen molar-refractivity contribution in [3.63, 3.8) is 0 Å². The number of carbonyl (C=O) groups excluding carboxylic acids is 1. The van der Waals surface area contributed by atoms with Crippen molar-refractivity contribution in [3.05, 3.63) is 46.3 Å². The zero-order valence-corrected chi connectivity index (χ0v) is 12.6. The van der Waals surface area contributed by atoms with Crippen molar-refractivity contribution in [2.45, 2.75) is 20.8 Å². The summed E-state index contributed by atoms with van der Waals surface area (Å²) < 4.78 is 5.33.